The lowest BCUT2D eigenvalue weighted by atomic mass is 10.2. The van der Waals surface area contributed by atoms with Gasteiger partial charge in [0.25, 0.3) is 0 Å². The van der Waals surface area contributed by atoms with Crippen LogP contribution in [-0.4, -0.2) is 27.6 Å². The molecule has 1 aliphatic heterocycles. The van der Waals surface area contributed by atoms with Crippen molar-refractivity contribution in [3.8, 4) is 11.4 Å². The smallest absolute Gasteiger partial charge is 0.322 e. The van der Waals surface area contributed by atoms with E-state index in [0.29, 0.717) is 35.4 Å². The van der Waals surface area contributed by atoms with Crippen LogP contribution in [0.4, 0.5) is 14.9 Å². The average Bonchev–Trinajstić information content (AvgIpc) is 3.34. The Morgan fingerprint density at radius 1 is 1.21 bits per heavy atom. The van der Waals surface area contributed by atoms with Crippen LogP contribution in [0.1, 0.15) is 24.8 Å². The summed E-state index contributed by atoms with van der Waals surface area (Å²) in [5.74, 6) is 0.262. The quantitative estimate of drug-likeness (QED) is 0.602. The second kappa shape index (κ2) is 7.77. The molecule has 0 saturated carbocycles. The molecule has 2 heterocycles. The Hall–Kier alpha value is -2.64. The van der Waals surface area contributed by atoms with Crippen molar-refractivity contribution in [3.05, 3.63) is 64.2 Å². The van der Waals surface area contributed by atoms with Crippen LogP contribution in [-0.2, 0) is 0 Å². The number of nitrogens with one attached hydrogen (secondary N) is 1. The van der Waals surface area contributed by atoms with Crippen LogP contribution in [0.2, 0.25) is 10.0 Å². The number of urea groups is 1. The molecule has 28 heavy (non-hydrogen) atoms. The van der Waals surface area contributed by atoms with Crippen LogP contribution in [0.3, 0.4) is 0 Å². The molecule has 1 fully saturated rings. The summed E-state index contributed by atoms with van der Waals surface area (Å²) in [5, 5.41) is 7.30. The van der Waals surface area contributed by atoms with Gasteiger partial charge in [-0.3, -0.25) is 0 Å². The number of amides is 2. The summed E-state index contributed by atoms with van der Waals surface area (Å²) in [4.78, 5) is 18.7. The van der Waals surface area contributed by atoms with Crippen LogP contribution in [0.5, 0.6) is 0 Å². The Balaban J connectivity index is 1.51. The summed E-state index contributed by atoms with van der Waals surface area (Å²) < 4.78 is 18.7. The van der Waals surface area contributed by atoms with Crippen LogP contribution < -0.4 is 5.32 Å². The first-order valence-corrected chi connectivity index (χ1v) is 9.39. The molecular formula is C19H15Cl2FN4O2. The fourth-order valence-electron chi connectivity index (χ4n) is 3.12. The fraction of sp³-hybridized carbons (Fsp3) is 0.211. The number of likely N-dealkylation sites (tertiary alicyclic amines) is 1. The average molecular weight is 421 g/mol. The van der Waals surface area contributed by atoms with E-state index >= 15 is 0 Å². The lowest BCUT2D eigenvalue weighted by Crippen LogP contribution is -2.34. The summed E-state index contributed by atoms with van der Waals surface area (Å²) >= 11 is 11.7. The standard InChI is InChI=1S/C19H15Cl2FN4O2/c20-12-5-3-11(4-6-12)17-24-18(28-25-17)16-2-1-9-26(16)19(27)23-13-7-8-15(22)14(21)10-13/h3-8,10,16H,1-2,9H2,(H,23,27). The number of halogens is 3. The molecule has 144 valence electrons. The van der Waals surface area contributed by atoms with Crippen LogP contribution >= 0.6 is 23.2 Å². The molecule has 4 rings (SSSR count). The third-order valence-electron chi connectivity index (χ3n) is 4.51. The van der Waals surface area contributed by atoms with E-state index in [9.17, 15) is 9.18 Å². The van der Waals surface area contributed by atoms with Gasteiger partial charge >= 0.3 is 6.03 Å². The molecule has 1 atom stereocenters. The molecule has 1 unspecified atom stereocenters. The highest BCUT2D eigenvalue weighted by molar-refractivity contribution is 6.31. The van der Waals surface area contributed by atoms with Crippen molar-refractivity contribution in [3.63, 3.8) is 0 Å². The minimum absolute atomic E-state index is 0.0553. The number of carbonyl (C=O) groups is 1. The largest absolute Gasteiger partial charge is 0.337 e. The number of nitrogens with zero attached hydrogens (tertiary/aromatic N) is 3. The van der Waals surface area contributed by atoms with Gasteiger partial charge in [-0.05, 0) is 55.3 Å². The first-order valence-electron chi connectivity index (χ1n) is 8.63. The van der Waals surface area contributed by atoms with Gasteiger partial charge in [-0.2, -0.15) is 4.98 Å². The maximum absolute atomic E-state index is 13.3. The van der Waals surface area contributed by atoms with Crippen LogP contribution in [0, 0.1) is 5.82 Å². The van der Waals surface area contributed by atoms with Crippen molar-refractivity contribution in [2.45, 2.75) is 18.9 Å². The van der Waals surface area contributed by atoms with E-state index in [-0.39, 0.29) is 17.1 Å². The van der Waals surface area contributed by atoms with Crippen molar-refractivity contribution < 1.29 is 13.7 Å². The highest BCUT2D eigenvalue weighted by Gasteiger charge is 2.34. The molecule has 3 aromatic rings. The van der Waals surface area contributed by atoms with Crippen molar-refractivity contribution >= 4 is 34.9 Å². The van der Waals surface area contributed by atoms with Crippen molar-refractivity contribution in [2.75, 3.05) is 11.9 Å². The number of carbonyl (C=O) groups excluding carboxylic acids is 1. The highest BCUT2D eigenvalue weighted by atomic mass is 35.5. The van der Waals surface area contributed by atoms with E-state index in [1.807, 2.05) is 0 Å². The molecule has 1 N–H and O–H groups in total. The molecule has 6 nitrogen and oxygen atoms in total. The maximum Gasteiger partial charge on any atom is 0.322 e. The zero-order valence-electron chi connectivity index (χ0n) is 14.5. The van der Waals surface area contributed by atoms with Gasteiger partial charge in [0.05, 0.1) is 5.02 Å². The Morgan fingerprint density at radius 2 is 2.00 bits per heavy atom. The SMILES string of the molecule is O=C(Nc1ccc(F)c(Cl)c1)N1CCCC1c1nc(-c2ccc(Cl)cc2)no1. The van der Waals surface area contributed by atoms with E-state index in [1.54, 1.807) is 29.2 Å². The second-order valence-electron chi connectivity index (χ2n) is 6.37. The molecule has 0 bridgehead atoms. The van der Waals surface area contributed by atoms with Crippen molar-refractivity contribution in [2.24, 2.45) is 0 Å². The summed E-state index contributed by atoms with van der Waals surface area (Å²) in [7, 11) is 0. The molecular weight excluding hydrogens is 406 g/mol. The van der Waals surface area contributed by atoms with E-state index in [1.165, 1.54) is 18.2 Å². The zero-order valence-corrected chi connectivity index (χ0v) is 16.0. The Labute approximate surface area is 170 Å². The molecule has 9 heteroatoms. The monoisotopic (exact) mass is 420 g/mol. The normalized spacial score (nSPS) is 16.4. The Morgan fingerprint density at radius 3 is 2.75 bits per heavy atom. The lowest BCUT2D eigenvalue weighted by Gasteiger charge is -2.22. The minimum atomic E-state index is -0.542. The summed E-state index contributed by atoms with van der Waals surface area (Å²) in [6, 6.07) is 10.5. The van der Waals surface area contributed by atoms with Crippen LogP contribution in [0.25, 0.3) is 11.4 Å². The van der Waals surface area contributed by atoms with Crippen molar-refractivity contribution in [1.82, 2.24) is 15.0 Å². The minimum Gasteiger partial charge on any atom is -0.337 e. The Bertz CT molecular complexity index is 1010. The molecule has 2 amide bonds. The highest BCUT2D eigenvalue weighted by Crippen LogP contribution is 2.33. The molecule has 1 saturated heterocycles. The topological polar surface area (TPSA) is 71.3 Å². The number of rotatable bonds is 3. The van der Waals surface area contributed by atoms with Gasteiger partial charge in [-0.1, -0.05) is 28.4 Å². The van der Waals surface area contributed by atoms with Gasteiger partial charge in [-0.15, -0.1) is 0 Å². The Kier molecular flexibility index (Phi) is 5.19. The third-order valence-corrected chi connectivity index (χ3v) is 5.06. The molecule has 0 spiro atoms. The van der Waals surface area contributed by atoms with Gasteiger partial charge in [-0.25, -0.2) is 9.18 Å². The van der Waals surface area contributed by atoms with Gasteiger partial charge in [0.1, 0.15) is 11.9 Å². The first-order chi connectivity index (χ1) is 13.5. The maximum atomic E-state index is 13.3. The number of hydrogen-bond acceptors (Lipinski definition) is 4. The van der Waals surface area contributed by atoms with Gasteiger partial charge in [0, 0.05) is 22.8 Å². The van der Waals surface area contributed by atoms with Gasteiger partial charge < -0.3 is 14.7 Å². The van der Waals surface area contributed by atoms with Crippen molar-refractivity contribution in [1.29, 1.82) is 0 Å². The lowest BCUT2D eigenvalue weighted by molar-refractivity contribution is 0.193. The fourth-order valence-corrected chi connectivity index (χ4v) is 3.43. The van der Waals surface area contributed by atoms with E-state index in [2.05, 4.69) is 15.5 Å². The molecule has 1 aliphatic rings. The predicted molar refractivity (Wildman–Crippen MR) is 104 cm³/mol. The van der Waals surface area contributed by atoms with Gasteiger partial charge in [0.15, 0.2) is 0 Å². The molecule has 0 radical (unpaired) electrons. The van der Waals surface area contributed by atoms with Gasteiger partial charge in [0.2, 0.25) is 11.7 Å². The van der Waals surface area contributed by atoms with E-state index in [0.717, 1.165) is 12.0 Å². The molecule has 1 aromatic heterocycles. The number of aromatic nitrogens is 2. The zero-order chi connectivity index (χ0) is 19.7. The predicted octanol–water partition coefficient (Wildman–Crippen LogP) is 5.55. The first kappa shape index (κ1) is 18.7. The number of anilines is 1. The third kappa shape index (κ3) is 3.81. The molecule has 0 aliphatic carbocycles. The van der Waals surface area contributed by atoms with E-state index < -0.39 is 5.82 Å². The van der Waals surface area contributed by atoms with E-state index in [4.69, 9.17) is 27.7 Å². The summed E-state index contributed by atoms with van der Waals surface area (Å²) in [5.41, 5.74) is 1.18. The molecule has 2 aromatic carbocycles. The summed E-state index contributed by atoms with van der Waals surface area (Å²) in [6.07, 6.45) is 1.51. The second-order valence-corrected chi connectivity index (χ2v) is 7.22. The number of benzene rings is 2. The van der Waals surface area contributed by atoms with Crippen LogP contribution in [0.15, 0.2) is 47.0 Å². The summed E-state index contributed by atoms with van der Waals surface area (Å²) in [6.45, 7) is 0.546. The number of hydrogen-bond donors (Lipinski definition) is 1.